The molecule has 1 amide bonds. The van der Waals surface area contributed by atoms with Gasteiger partial charge in [-0.15, -0.1) is 11.8 Å². The number of hydrogen-bond donors (Lipinski definition) is 2. The fourth-order valence-corrected chi connectivity index (χ4v) is 4.77. The number of allylic oxidation sites excluding steroid dienone is 1. The fourth-order valence-electron chi connectivity index (χ4n) is 3.49. The number of hydrogen-bond acceptors (Lipinski definition) is 4. The van der Waals surface area contributed by atoms with Crippen molar-refractivity contribution < 1.29 is 4.79 Å². The van der Waals surface area contributed by atoms with Gasteiger partial charge in [-0.3, -0.25) is 14.5 Å². The van der Waals surface area contributed by atoms with Gasteiger partial charge in [0.1, 0.15) is 0 Å². The number of carbonyl (C=O) groups excluding carboxylic acids is 1. The normalized spacial score (nSPS) is 20.7. The minimum absolute atomic E-state index is 0.0223. The molecule has 6 heteroatoms. The average Bonchev–Trinajstić information content (AvgIpc) is 3.25. The van der Waals surface area contributed by atoms with Gasteiger partial charge in [0.15, 0.2) is 0 Å². The minimum atomic E-state index is 0.0223. The summed E-state index contributed by atoms with van der Waals surface area (Å²) in [5.74, 6) is 0.111. The summed E-state index contributed by atoms with van der Waals surface area (Å²) in [5.41, 5.74) is 3.02. The molecule has 2 aliphatic rings. The van der Waals surface area contributed by atoms with Crippen LogP contribution in [-0.4, -0.2) is 42.0 Å². The molecule has 1 aromatic rings. The van der Waals surface area contributed by atoms with E-state index in [2.05, 4.69) is 27.3 Å². The van der Waals surface area contributed by atoms with E-state index in [9.17, 15) is 9.59 Å². The summed E-state index contributed by atoms with van der Waals surface area (Å²) < 4.78 is 0. The first-order valence-corrected chi connectivity index (χ1v) is 10.0. The maximum atomic E-state index is 12.1. The summed E-state index contributed by atoms with van der Waals surface area (Å²) in [6, 6.07) is 2.05. The molecule has 0 spiro atoms. The molecule has 0 saturated carbocycles. The summed E-state index contributed by atoms with van der Waals surface area (Å²) >= 11 is 1.80. The number of pyridine rings is 1. The van der Waals surface area contributed by atoms with Crippen LogP contribution in [0.25, 0.3) is 0 Å². The number of carbonyl (C=O) groups is 1. The van der Waals surface area contributed by atoms with E-state index in [0.717, 1.165) is 37.2 Å². The summed E-state index contributed by atoms with van der Waals surface area (Å²) in [5, 5.41) is 3.37. The van der Waals surface area contributed by atoms with Gasteiger partial charge in [-0.2, -0.15) is 0 Å². The molecule has 136 valence electrons. The Morgan fingerprint density at radius 1 is 1.40 bits per heavy atom. The van der Waals surface area contributed by atoms with E-state index in [-0.39, 0.29) is 11.5 Å². The SMILES string of the molecule is CCc1cc(C2CC=C(CNC(=O)CN3CCCC3)S2)c(C)[nH]c1=O. The van der Waals surface area contributed by atoms with Crippen LogP contribution in [0, 0.1) is 6.92 Å². The number of nitrogens with one attached hydrogen (secondary N) is 2. The lowest BCUT2D eigenvalue weighted by Crippen LogP contribution is -2.36. The monoisotopic (exact) mass is 361 g/mol. The Labute approximate surface area is 153 Å². The Kier molecular flexibility index (Phi) is 6.02. The summed E-state index contributed by atoms with van der Waals surface area (Å²) in [4.78, 5) is 30.3. The zero-order valence-electron chi connectivity index (χ0n) is 15.1. The van der Waals surface area contributed by atoms with Gasteiger partial charge in [-0.1, -0.05) is 13.0 Å². The molecule has 2 aliphatic heterocycles. The van der Waals surface area contributed by atoms with Crippen LogP contribution in [0.1, 0.15) is 48.3 Å². The lowest BCUT2D eigenvalue weighted by Gasteiger charge is -2.16. The maximum absolute atomic E-state index is 12.1. The second-order valence-corrected chi connectivity index (χ2v) is 8.16. The highest BCUT2D eigenvalue weighted by Crippen LogP contribution is 2.44. The van der Waals surface area contributed by atoms with Gasteiger partial charge >= 0.3 is 0 Å². The summed E-state index contributed by atoms with van der Waals surface area (Å²) in [6.45, 7) is 7.17. The molecule has 1 aromatic heterocycles. The van der Waals surface area contributed by atoms with Gasteiger partial charge in [-0.25, -0.2) is 0 Å². The Morgan fingerprint density at radius 3 is 2.88 bits per heavy atom. The highest BCUT2D eigenvalue weighted by Gasteiger charge is 2.23. The summed E-state index contributed by atoms with van der Waals surface area (Å²) in [6.07, 6.45) is 6.30. The molecule has 0 aromatic carbocycles. The van der Waals surface area contributed by atoms with Crippen LogP contribution in [0.2, 0.25) is 0 Å². The number of nitrogens with zero attached hydrogens (tertiary/aromatic N) is 1. The van der Waals surface area contributed by atoms with E-state index in [1.807, 2.05) is 13.8 Å². The highest BCUT2D eigenvalue weighted by molar-refractivity contribution is 8.03. The minimum Gasteiger partial charge on any atom is -0.350 e. The third-order valence-electron chi connectivity index (χ3n) is 4.96. The van der Waals surface area contributed by atoms with Crippen molar-refractivity contribution in [3.63, 3.8) is 0 Å². The van der Waals surface area contributed by atoms with E-state index in [1.165, 1.54) is 23.3 Å². The molecule has 0 aliphatic carbocycles. The molecule has 3 heterocycles. The van der Waals surface area contributed by atoms with Crippen LogP contribution in [0.15, 0.2) is 21.8 Å². The molecule has 0 radical (unpaired) electrons. The van der Waals surface area contributed by atoms with E-state index < -0.39 is 0 Å². The smallest absolute Gasteiger partial charge is 0.251 e. The molecule has 1 fully saturated rings. The molecular formula is C19H27N3O2S. The zero-order valence-corrected chi connectivity index (χ0v) is 15.9. The van der Waals surface area contributed by atoms with E-state index >= 15 is 0 Å². The lowest BCUT2D eigenvalue weighted by molar-refractivity contribution is -0.121. The van der Waals surface area contributed by atoms with E-state index in [4.69, 9.17) is 0 Å². The Hall–Kier alpha value is -1.53. The van der Waals surface area contributed by atoms with Gasteiger partial charge in [-0.05, 0) is 57.3 Å². The lowest BCUT2D eigenvalue weighted by atomic mass is 10.0. The molecule has 0 bridgehead atoms. The highest BCUT2D eigenvalue weighted by atomic mass is 32.2. The Bertz CT molecular complexity index is 720. The first-order chi connectivity index (χ1) is 12.1. The van der Waals surface area contributed by atoms with Crippen LogP contribution in [0.4, 0.5) is 0 Å². The van der Waals surface area contributed by atoms with Crippen molar-refractivity contribution in [1.29, 1.82) is 0 Å². The van der Waals surface area contributed by atoms with Crippen molar-refractivity contribution in [3.05, 3.63) is 44.2 Å². The number of aromatic nitrogens is 1. The number of likely N-dealkylation sites (tertiary alicyclic amines) is 1. The number of thioether (sulfide) groups is 1. The Morgan fingerprint density at radius 2 is 2.16 bits per heavy atom. The molecule has 5 nitrogen and oxygen atoms in total. The van der Waals surface area contributed by atoms with Crippen LogP contribution in [0.3, 0.4) is 0 Å². The van der Waals surface area contributed by atoms with E-state index in [0.29, 0.717) is 18.3 Å². The molecule has 25 heavy (non-hydrogen) atoms. The Balaban J connectivity index is 1.53. The first kappa shape index (κ1) is 18.3. The van der Waals surface area contributed by atoms with Crippen molar-refractivity contribution in [1.82, 2.24) is 15.2 Å². The van der Waals surface area contributed by atoms with Crippen molar-refractivity contribution in [2.45, 2.75) is 44.8 Å². The van der Waals surface area contributed by atoms with Crippen molar-refractivity contribution in [3.8, 4) is 0 Å². The number of aromatic amines is 1. The standard InChI is InChI=1S/C19H27N3O2S/c1-3-14-10-16(13(2)21-19(14)24)17-7-6-15(25-17)11-20-18(23)12-22-8-4-5-9-22/h6,10,17H,3-5,7-9,11-12H2,1-2H3,(H,20,23)(H,21,24). The molecule has 1 unspecified atom stereocenters. The quantitative estimate of drug-likeness (QED) is 0.817. The predicted octanol–water partition coefficient (Wildman–Crippen LogP) is 2.52. The van der Waals surface area contributed by atoms with Crippen LogP contribution < -0.4 is 10.9 Å². The maximum Gasteiger partial charge on any atom is 0.251 e. The van der Waals surface area contributed by atoms with Crippen LogP contribution in [-0.2, 0) is 11.2 Å². The molecule has 3 rings (SSSR count). The van der Waals surface area contributed by atoms with Gasteiger partial charge in [0.05, 0.1) is 6.54 Å². The van der Waals surface area contributed by atoms with Crippen molar-refractivity contribution >= 4 is 17.7 Å². The number of aryl methyl sites for hydroxylation is 2. The van der Waals surface area contributed by atoms with Crippen molar-refractivity contribution in [2.75, 3.05) is 26.2 Å². The van der Waals surface area contributed by atoms with Gasteiger partial charge in [0.25, 0.3) is 5.56 Å². The number of rotatable bonds is 6. The van der Waals surface area contributed by atoms with Gasteiger partial charge < -0.3 is 10.3 Å². The topological polar surface area (TPSA) is 65.2 Å². The summed E-state index contributed by atoms with van der Waals surface area (Å²) in [7, 11) is 0. The molecule has 1 atom stereocenters. The fraction of sp³-hybridized carbons (Fsp3) is 0.579. The second kappa shape index (κ2) is 8.23. The van der Waals surface area contributed by atoms with E-state index in [1.54, 1.807) is 11.8 Å². The van der Waals surface area contributed by atoms with Crippen LogP contribution >= 0.6 is 11.8 Å². The largest absolute Gasteiger partial charge is 0.350 e. The van der Waals surface area contributed by atoms with Crippen LogP contribution in [0.5, 0.6) is 0 Å². The first-order valence-electron chi connectivity index (χ1n) is 9.14. The average molecular weight is 362 g/mol. The zero-order chi connectivity index (χ0) is 17.8. The molecular weight excluding hydrogens is 334 g/mol. The van der Waals surface area contributed by atoms with Crippen molar-refractivity contribution in [2.24, 2.45) is 0 Å². The van der Waals surface area contributed by atoms with Gasteiger partial charge in [0, 0.05) is 28.0 Å². The molecule has 2 N–H and O–H groups in total. The predicted molar refractivity (Wildman–Crippen MR) is 103 cm³/mol. The number of H-pyrrole nitrogens is 1. The second-order valence-electron chi connectivity index (χ2n) is 6.83. The third-order valence-corrected chi connectivity index (χ3v) is 6.31. The van der Waals surface area contributed by atoms with Gasteiger partial charge in [0.2, 0.25) is 5.91 Å². The molecule has 1 saturated heterocycles. The third kappa shape index (κ3) is 4.55. The number of amides is 1.